The zero-order chi connectivity index (χ0) is 16.8. The summed E-state index contributed by atoms with van der Waals surface area (Å²) in [6.07, 6.45) is 0.500. The summed E-state index contributed by atoms with van der Waals surface area (Å²) in [5.41, 5.74) is 1.12. The monoisotopic (exact) mass is 344 g/mol. The zero-order valence-electron chi connectivity index (χ0n) is 13.9. The molecule has 3 nitrogen and oxygen atoms in total. The molecule has 1 N–H and O–H groups in total. The predicted octanol–water partition coefficient (Wildman–Crippen LogP) is 4.25. The first-order chi connectivity index (χ1) is 11.8. The average Bonchev–Trinajstić information content (AvgIpc) is 2.63. The molecular weight excluding hydrogens is 320 g/mol. The van der Waals surface area contributed by atoms with Gasteiger partial charge in [-0.2, -0.15) is 0 Å². The first-order valence-corrected chi connectivity index (χ1v) is 9.35. The number of rotatable bonds is 6. The van der Waals surface area contributed by atoms with Gasteiger partial charge in [0.25, 0.3) is 0 Å². The van der Waals surface area contributed by atoms with Crippen LogP contribution in [0.25, 0.3) is 0 Å². The topological polar surface area (TPSA) is 38.7 Å². The summed E-state index contributed by atoms with van der Waals surface area (Å²) in [5, 5.41) is 10.5. The van der Waals surface area contributed by atoms with Crippen LogP contribution in [0.1, 0.15) is 25.3 Å². The number of thioether (sulfide) groups is 1. The van der Waals surface area contributed by atoms with Crippen molar-refractivity contribution in [1.29, 1.82) is 0 Å². The average molecular weight is 344 g/mol. The molecule has 1 fully saturated rings. The maximum absolute atomic E-state index is 10.5. The van der Waals surface area contributed by atoms with Gasteiger partial charge in [0.2, 0.25) is 0 Å². The number of hydrogen-bond acceptors (Lipinski definition) is 4. The Morgan fingerprint density at radius 2 is 1.75 bits per heavy atom. The molecule has 0 amide bonds. The summed E-state index contributed by atoms with van der Waals surface area (Å²) in [7, 11) is 0. The van der Waals surface area contributed by atoms with Crippen molar-refractivity contribution in [1.82, 2.24) is 0 Å². The highest BCUT2D eigenvalue weighted by molar-refractivity contribution is 7.99. The fraction of sp³-hybridized carbons (Fsp3) is 0.400. The molecule has 24 heavy (non-hydrogen) atoms. The molecule has 0 aliphatic carbocycles. The number of benzene rings is 2. The van der Waals surface area contributed by atoms with E-state index in [2.05, 4.69) is 12.1 Å². The van der Waals surface area contributed by atoms with Crippen LogP contribution in [-0.4, -0.2) is 28.9 Å². The van der Waals surface area contributed by atoms with E-state index in [1.165, 1.54) is 4.90 Å². The molecule has 1 aliphatic heterocycles. The van der Waals surface area contributed by atoms with Gasteiger partial charge in [0.15, 0.2) is 0 Å². The number of ether oxygens (including phenoxy) is 2. The van der Waals surface area contributed by atoms with Crippen LogP contribution in [0.5, 0.6) is 0 Å². The maximum Gasteiger partial charge on any atom is 0.110 e. The molecule has 4 unspecified atom stereocenters. The summed E-state index contributed by atoms with van der Waals surface area (Å²) in [5.74, 6) is 0. The number of aliphatic hydroxyl groups excluding tert-OH is 1. The molecular formula is C20H24O3S. The molecule has 0 bridgehead atoms. The minimum atomic E-state index is -0.577. The van der Waals surface area contributed by atoms with Crippen LogP contribution in [0, 0.1) is 0 Å². The molecule has 4 heteroatoms. The molecule has 3 rings (SSSR count). The normalized spacial score (nSPS) is 27.1. The second kappa shape index (κ2) is 8.67. The van der Waals surface area contributed by atoms with E-state index >= 15 is 0 Å². The lowest BCUT2D eigenvalue weighted by Gasteiger charge is -2.38. The smallest absolute Gasteiger partial charge is 0.110 e. The SMILES string of the molecule is CCC1OC(Sc2ccccc2)CC(OCc2ccccc2)C1O. The minimum absolute atomic E-state index is 0.00141. The minimum Gasteiger partial charge on any atom is -0.388 e. The van der Waals surface area contributed by atoms with Gasteiger partial charge in [0.05, 0.1) is 18.8 Å². The van der Waals surface area contributed by atoms with Crippen LogP contribution in [0.4, 0.5) is 0 Å². The van der Waals surface area contributed by atoms with Gasteiger partial charge in [-0.1, -0.05) is 67.2 Å². The van der Waals surface area contributed by atoms with E-state index in [-0.39, 0.29) is 17.6 Å². The van der Waals surface area contributed by atoms with E-state index in [0.717, 1.165) is 12.0 Å². The van der Waals surface area contributed by atoms with Crippen molar-refractivity contribution < 1.29 is 14.6 Å². The number of hydrogen-bond donors (Lipinski definition) is 1. The molecule has 0 saturated carbocycles. The van der Waals surface area contributed by atoms with Crippen LogP contribution < -0.4 is 0 Å². The Morgan fingerprint density at radius 1 is 1.08 bits per heavy atom. The molecule has 4 atom stereocenters. The second-order valence-corrected chi connectivity index (χ2v) is 7.24. The van der Waals surface area contributed by atoms with Gasteiger partial charge in [-0.15, -0.1) is 0 Å². The molecule has 1 heterocycles. The van der Waals surface area contributed by atoms with E-state index < -0.39 is 6.10 Å². The fourth-order valence-corrected chi connectivity index (χ4v) is 4.01. The molecule has 128 valence electrons. The maximum atomic E-state index is 10.5. The van der Waals surface area contributed by atoms with Crippen LogP contribution in [0.15, 0.2) is 65.6 Å². The Labute approximate surface area is 148 Å². The third-order valence-corrected chi connectivity index (χ3v) is 5.34. The first-order valence-electron chi connectivity index (χ1n) is 8.47. The van der Waals surface area contributed by atoms with E-state index in [0.29, 0.717) is 13.0 Å². The van der Waals surface area contributed by atoms with Gasteiger partial charge < -0.3 is 14.6 Å². The Kier molecular flexibility index (Phi) is 6.32. The third-order valence-electron chi connectivity index (χ3n) is 4.23. The predicted molar refractivity (Wildman–Crippen MR) is 96.9 cm³/mol. The van der Waals surface area contributed by atoms with Crippen LogP contribution in [0.2, 0.25) is 0 Å². The van der Waals surface area contributed by atoms with Gasteiger partial charge in [-0.05, 0) is 24.1 Å². The summed E-state index contributed by atoms with van der Waals surface area (Å²) < 4.78 is 12.1. The third kappa shape index (κ3) is 4.61. The lowest BCUT2D eigenvalue weighted by atomic mass is 10.00. The highest BCUT2D eigenvalue weighted by Crippen LogP contribution is 2.35. The van der Waals surface area contributed by atoms with E-state index in [9.17, 15) is 5.11 Å². The van der Waals surface area contributed by atoms with Crippen LogP contribution in [0.3, 0.4) is 0 Å². The zero-order valence-corrected chi connectivity index (χ0v) is 14.7. The standard InChI is InChI=1S/C20H24O3S/c1-2-17-20(21)18(22-14-15-9-5-3-6-10-15)13-19(23-17)24-16-11-7-4-8-12-16/h3-12,17-21H,2,13-14H2,1H3. The molecule has 0 spiro atoms. The highest BCUT2D eigenvalue weighted by Gasteiger charge is 2.37. The molecule has 1 aliphatic rings. The van der Waals surface area contributed by atoms with Crippen molar-refractivity contribution >= 4 is 11.8 Å². The van der Waals surface area contributed by atoms with Crippen molar-refractivity contribution in [3.8, 4) is 0 Å². The van der Waals surface area contributed by atoms with E-state index in [1.807, 2.05) is 55.5 Å². The first kappa shape index (κ1) is 17.5. The van der Waals surface area contributed by atoms with Gasteiger partial charge in [-0.3, -0.25) is 0 Å². The lowest BCUT2D eigenvalue weighted by Crippen LogP contribution is -2.48. The van der Waals surface area contributed by atoms with Gasteiger partial charge >= 0.3 is 0 Å². The molecule has 2 aromatic rings. The Bertz CT molecular complexity index is 605. The van der Waals surface area contributed by atoms with Crippen molar-refractivity contribution in [3.63, 3.8) is 0 Å². The fourth-order valence-electron chi connectivity index (χ4n) is 2.91. The van der Waals surface area contributed by atoms with Crippen LogP contribution in [-0.2, 0) is 16.1 Å². The van der Waals surface area contributed by atoms with E-state index in [4.69, 9.17) is 9.47 Å². The van der Waals surface area contributed by atoms with E-state index in [1.54, 1.807) is 11.8 Å². The molecule has 0 radical (unpaired) electrons. The van der Waals surface area contributed by atoms with Gasteiger partial charge in [0.1, 0.15) is 11.5 Å². The summed E-state index contributed by atoms with van der Waals surface area (Å²) >= 11 is 1.70. The Balaban J connectivity index is 1.63. The van der Waals surface area contributed by atoms with Gasteiger partial charge in [-0.25, -0.2) is 0 Å². The van der Waals surface area contributed by atoms with Gasteiger partial charge in [0, 0.05) is 11.3 Å². The number of aliphatic hydroxyl groups is 1. The summed E-state index contributed by atoms with van der Waals surface area (Å²) in [4.78, 5) is 1.18. The van der Waals surface area contributed by atoms with Crippen molar-refractivity contribution in [3.05, 3.63) is 66.2 Å². The second-order valence-electron chi connectivity index (χ2n) is 6.00. The lowest BCUT2D eigenvalue weighted by molar-refractivity contribution is -0.167. The molecule has 0 aromatic heterocycles. The highest BCUT2D eigenvalue weighted by atomic mass is 32.2. The largest absolute Gasteiger partial charge is 0.388 e. The van der Waals surface area contributed by atoms with Crippen molar-refractivity contribution in [2.75, 3.05) is 0 Å². The van der Waals surface area contributed by atoms with Crippen molar-refractivity contribution in [2.24, 2.45) is 0 Å². The summed E-state index contributed by atoms with van der Waals surface area (Å²) in [6.45, 7) is 2.55. The molecule has 1 saturated heterocycles. The Hall–Kier alpha value is -1.33. The van der Waals surface area contributed by atoms with Crippen LogP contribution >= 0.6 is 11.8 Å². The quantitative estimate of drug-likeness (QED) is 0.850. The Morgan fingerprint density at radius 3 is 2.42 bits per heavy atom. The molecule has 2 aromatic carbocycles. The summed E-state index contributed by atoms with van der Waals surface area (Å²) in [6, 6.07) is 20.3. The van der Waals surface area contributed by atoms with Crippen molar-refractivity contribution in [2.45, 2.75) is 55.0 Å².